The summed E-state index contributed by atoms with van der Waals surface area (Å²) in [5.41, 5.74) is 0.151. The molecular weight excluding hydrogens is 376 g/mol. The van der Waals surface area contributed by atoms with E-state index in [1.807, 2.05) is 0 Å². The third-order valence-corrected chi connectivity index (χ3v) is 10.8. The average Bonchev–Trinajstić information content (AvgIpc) is 3.04. The maximum absolute atomic E-state index is 11.1. The third-order valence-electron chi connectivity index (χ3n) is 10.8. The minimum Gasteiger partial charge on any atom is -0.481 e. The van der Waals surface area contributed by atoms with Gasteiger partial charge in [0.15, 0.2) is 0 Å². The summed E-state index contributed by atoms with van der Waals surface area (Å²) in [6, 6.07) is 0. The van der Waals surface area contributed by atoms with Crippen LogP contribution in [0.5, 0.6) is 0 Å². The topological polar surface area (TPSA) is 66.8 Å². The van der Waals surface area contributed by atoms with Crippen LogP contribution < -0.4 is 0 Å². The van der Waals surface area contributed by atoms with Crippen LogP contribution in [-0.2, 0) is 9.53 Å². The summed E-state index contributed by atoms with van der Waals surface area (Å²) in [4.78, 5) is 11.1. The van der Waals surface area contributed by atoms with Gasteiger partial charge in [0.2, 0.25) is 0 Å². The van der Waals surface area contributed by atoms with Gasteiger partial charge in [-0.05, 0) is 111 Å². The van der Waals surface area contributed by atoms with Crippen molar-refractivity contribution in [1.29, 1.82) is 0 Å². The quantitative estimate of drug-likeness (QED) is 0.593. The first-order valence-electron chi connectivity index (χ1n) is 12.6. The van der Waals surface area contributed by atoms with Crippen LogP contribution in [0.4, 0.5) is 0 Å². The maximum atomic E-state index is 11.1. The first-order valence-corrected chi connectivity index (χ1v) is 12.6. The summed E-state index contributed by atoms with van der Waals surface area (Å²) in [5, 5.41) is 20.2. The van der Waals surface area contributed by atoms with Crippen LogP contribution in [0, 0.1) is 46.3 Å². The second-order valence-corrected chi connectivity index (χ2v) is 12.2. The molecule has 4 unspecified atom stereocenters. The molecule has 30 heavy (non-hydrogen) atoms. The predicted octanol–water partition coefficient (Wildman–Crippen LogP) is 5.52. The zero-order valence-electron chi connectivity index (χ0n) is 19.7. The van der Waals surface area contributed by atoms with Crippen molar-refractivity contribution in [2.45, 2.75) is 97.0 Å². The predicted molar refractivity (Wildman–Crippen MR) is 118 cm³/mol. The molecule has 4 fully saturated rings. The number of carboxylic acid groups (broad SMARTS) is 1. The minimum atomic E-state index is -0.651. The number of ether oxygens (including phenoxy) is 1. The van der Waals surface area contributed by atoms with E-state index >= 15 is 0 Å². The normalized spacial score (nSPS) is 49.0. The lowest BCUT2D eigenvalue weighted by Gasteiger charge is -2.62. The highest BCUT2D eigenvalue weighted by Gasteiger charge is 2.61. The first kappa shape index (κ1) is 22.6. The molecule has 4 rings (SSSR count). The van der Waals surface area contributed by atoms with Gasteiger partial charge < -0.3 is 14.9 Å². The van der Waals surface area contributed by atoms with E-state index in [9.17, 15) is 9.90 Å². The molecule has 4 heteroatoms. The number of carboxylic acids is 1. The SMILES string of the molecule is COC[C@@]1(O)CC[C@@]2(C)C(CCC3C2CC[C@@]2(C)C3CC[C@@H]2[C@H](C)CCC(=O)O)C1. The lowest BCUT2D eigenvalue weighted by molar-refractivity contribution is -0.163. The van der Waals surface area contributed by atoms with Gasteiger partial charge in [-0.25, -0.2) is 0 Å². The zero-order chi connectivity index (χ0) is 21.7. The molecule has 9 atom stereocenters. The Labute approximate surface area is 183 Å². The average molecular weight is 421 g/mol. The van der Waals surface area contributed by atoms with Crippen molar-refractivity contribution in [3.63, 3.8) is 0 Å². The van der Waals surface area contributed by atoms with Crippen LogP contribution in [0.25, 0.3) is 0 Å². The number of fused-ring (bicyclic) bond motifs is 5. The molecule has 0 amide bonds. The summed E-state index contributed by atoms with van der Waals surface area (Å²) >= 11 is 0. The Morgan fingerprint density at radius 3 is 2.47 bits per heavy atom. The Kier molecular flexibility index (Phi) is 6.07. The zero-order valence-corrected chi connectivity index (χ0v) is 19.7. The van der Waals surface area contributed by atoms with E-state index in [0.29, 0.717) is 41.6 Å². The number of carbonyl (C=O) groups is 1. The summed E-state index contributed by atoms with van der Waals surface area (Å²) in [6.45, 7) is 7.88. The Hall–Kier alpha value is -0.610. The summed E-state index contributed by atoms with van der Waals surface area (Å²) in [5.74, 6) is 3.62. The fraction of sp³-hybridized carbons (Fsp3) is 0.962. The van der Waals surface area contributed by atoms with Gasteiger partial charge in [0.05, 0.1) is 12.2 Å². The van der Waals surface area contributed by atoms with Crippen molar-refractivity contribution in [2.75, 3.05) is 13.7 Å². The molecule has 4 nitrogen and oxygen atoms in total. The smallest absolute Gasteiger partial charge is 0.303 e. The van der Waals surface area contributed by atoms with Gasteiger partial charge in [-0.1, -0.05) is 20.8 Å². The van der Waals surface area contributed by atoms with E-state index in [0.717, 1.165) is 43.4 Å². The van der Waals surface area contributed by atoms with Crippen molar-refractivity contribution in [3.05, 3.63) is 0 Å². The van der Waals surface area contributed by atoms with E-state index in [1.165, 1.54) is 38.5 Å². The summed E-state index contributed by atoms with van der Waals surface area (Å²) in [6.07, 6.45) is 11.9. The molecule has 4 aliphatic carbocycles. The molecule has 172 valence electrons. The van der Waals surface area contributed by atoms with Crippen LogP contribution in [0.3, 0.4) is 0 Å². The van der Waals surface area contributed by atoms with Crippen LogP contribution in [0.1, 0.15) is 91.4 Å². The lowest BCUT2D eigenvalue weighted by atomic mass is 9.43. The van der Waals surface area contributed by atoms with Gasteiger partial charge in [-0.2, -0.15) is 0 Å². The van der Waals surface area contributed by atoms with Gasteiger partial charge in [0, 0.05) is 13.5 Å². The van der Waals surface area contributed by atoms with Crippen molar-refractivity contribution in [3.8, 4) is 0 Å². The number of rotatable bonds is 6. The molecule has 0 radical (unpaired) electrons. The largest absolute Gasteiger partial charge is 0.481 e. The van der Waals surface area contributed by atoms with Crippen molar-refractivity contribution in [2.24, 2.45) is 46.3 Å². The van der Waals surface area contributed by atoms with Gasteiger partial charge in [0.25, 0.3) is 0 Å². The summed E-state index contributed by atoms with van der Waals surface area (Å²) < 4.78 is 5.36. The highest BCUT2D eigenvalue weighted by Crippen LogP contribution is 2.68. The Morgan fingerprint density at radius 2 is 1.77 bits per heavy atom. The first-order chi connectivity index (χ1) is 14.1. The monoisotopic (exact) mass is 420 g/mol. The second kappa shape index (κ2) is 8.06. The van der Waals surface area contributed by atoms with Crippen LogP contribution in [-0.4, -0.2) is 35.5 Å². The van der Waals surface area contributed by atoms with E-state index in [2.05, 4.69) is 20.8 Å². The highest BCUT2D eigenvalue weighted by atomic mass is 16.5. The van der Waals surface area contributed by atoms with E-state index < -0.39 is 11.6 Å². The molecule has 0 aromatic carbocycles. The molecule has 0 spiro atoms. The number of hydrogen-bond acceptors (Lipinski definition) is 3. The van der Waals surface area contributed by atoms with Crippen LogP contribution in [0.2, 0.25) is 0 Å². The third kappa shape index (κ3) is 3.64. The number of aliphatic carboxylic acids is 1. The standard InChI is InChI=1S/C26H44O4/c1-17(5-10-23(27)28)20-8-9-21-19-7-6-18-15-26(29,16-30-4)14-13-24(18,2)22(19)11-12-25(20,21)3/h17-22,29H,5-16H2,1-4H3,(H,27,28)/t17-,18?,19?,20-,21?,22?,24+,25-,26-/m1/s1. The van der Waals surface area contributed by atoms with E-state index in [1.54, 1.807) is 7.11 Å². The van der Waals surface area contributed by atoms with E-state index in [4.69, 9.17) is 9.84 Å². The molecule has 4 aliphatic rings. The van der Waals surface area contributed by atoms with Gasteiger partial charge in [-0.3, -0.25) is 4.79 Å². The number of hydrogen-bond donors (Lipinski definition) is 2. The molecule has 4 saturated carbocycles. The second-order valence-electron chi connectivity index (χ2n) is 12.2. The molecule has 0 saturated heterocycles. The number of aliphatic hydroxyl groups is 1. The molecular formula is C26H44O4. The van der Waals surface area contributed by atoms with Gasteiger partial charge >= 0.3 is 5.97 Å². The Balaban J connectivity index is 1.49. The van der Waals surface area contributed by atoms with Crippen LogP contribution in [0.15, 0.2) is 0 Å². The van der Waals surface area contributed by atoms with Crippen molar-refractivity contribution < 1.29 is 19.7 Å². The molecule has 0 aromatic heterocycles. The lowest BCUT2D eigenvalue weighted by Crippen LogP contribution is -2.56. The van der Waals surface area contributed by atoms with Gasteiger partial charge in [0.1, 0.15) is 0 Å². The van der Waals surface area contributed by atoms with E-state index in [-0.39, 0.29) is 0 Å². The minimum absolute atomic E-state index is 0.314. The van der Waals surface area contributed by atoms with Crippen LogP contribution >= 0.6 is 0 Å². The Morgan fingerprint density at radius 1 is 1.03 bits per heavy atom. The Bertz CT molecular complexity index is 649. The molecule has 0 heterocycles. The molecule has 0 bridgehead atoms. The number of methoxy groups -OCH3 is 1. The van der Waals surface area contributed by atoms with Crippen molar-refractivity contribution in [1.82, 2.24) is 0 Å². The molecule has 0 aromatic rings. The summed E-state index contributed by atoms with van der Waals surface area (Å²) in [7, 11) is 1.71. The molecule has 0 aliphatic heterocycles. The highest BCUT2D eigenvalue weighted by molar-refractivity contribution is 5.66. The van der Waals surface area contributed by atoms with Gasteiger partial charge in [-0.15, -0.1) is 0 Å². The fourth-order valence-corrected chi connectivity index (χ4v) is 9.25. The fourth-order valence-electron chi connectivity index (χ4n) is 9.25. The maximum Gasteiger partial charge on any atom is 0.303 e. The van der Waals surface area contributed by atoms with Crippen molar-refractivity contribution >= 4 is 5.97 Å². The molecule has 2 N–H and O–H groups in total.